The highest BCUT2D eigenvalue weighted by molar-refractivity contribution is 8.04. The summed E-state index contributed by atoms with van der Waals surface area (Å²) >= 11 is 7.11. The predicted molar refractivity (Wildman–Crippen MR) is 108 cm³/mol. The summed E-state index contributed by atoms with van der Waals surface area (Å²) in [5.74, 6) is 0.198. The molecule has 0 unspecified atom stereocenters. The first kappa shape index (κ1) is 19.5. The molecule has 0 radical (unpaired) electrons. The van der Waals surface area contributed by atoms with Gasteiger partial charge in [0, 0.05) is 10.8 Å². The van der Waals surface area contributed by atoms with E-state index in [2.05, 4.69) is 0 Å². The van der Waals surface area contributed by atoms with Crippen LogP contribution in [0.15, 0.2) is 53.4 Å². The van der Waals surface area contributed by atoms with Gasteiger partial charge < -0.3 is 9.84 Å². The van der Waals surface area contributed by atoms with Crippen molar-refractivity contribution in [1.29, 1.82) is 0 Å². The van der Waals surface area contributed by atoms with Crippen molar-refractivity contribution in [3.8, 4) is 5.75 Å². The second kappa shape index (κ2) is 8.61. The van der Waals surface area contributed by atoms with Crippen molar-refractivity contribution in [3.63, 3.8) is 0 Å². The lowest BCUT2D eigenvalue weighted by Crippen LogP contribution is -2.31. The Bertz CT molecular complexity index is 878. The number of ether oxygens (including phenoxy) is 1. The van der Waals surface area contributed by atoms with E-state index in [0.717, 1.165) is 4.90 Å². The Hall–Kier alpha value is -2.28. The van der Waals surface area contributed by atoms with E-state index in [1.54, 1.807) is 48.5 Å². The maximum Gasteiger partial charge on any atom is 0.272 e. The molecule has 0 saturated heterocycles. The third-order valence-electron chi connectivity index (χ3n) is 3.92. The Morgan fingerprint density at radius 2 is 1.70 bits per heavy atom. The van der Waals surface area contributed by atoms with E-state index >= 15 is 0 Å². The van der Waals surface area contributed by atoms with Gasteiger partial charge in [0.25, 0.3) is 11.8 Å². The number of rotatable bonds is 7. The largest absolute Gasteiger partial charge is 0.494 e. The number of nitrogens with zero attached hydrogens (tertiary/aromatic N) is 1. The third-order valence-corrected chi connectivity index (χ3v) is 5.22. The summed E-state index contributed by atoms with van der Waals surface area (Å²) in [7, 11) is 0. The standard InChI is InChI=1S/C20H18ClNO4S/c1-2-26-16-9-7-15(8-10-16)22-19(24)17(13-3-5-14(21)6-4-13)18(20(22)25)27-12-11-23/h3-10,23H,2,11-12H2,1H3. The average Bonchev–Trinajstić information content (AvgIpc) is 2.92. The van der Waals surface area contributed by atoms with Crippen molar-refractivity contribution < 1.29 is 19.4 Å². The van der Waals surface area contributed by atoms with Gasteiger partial charge in [-0.15, -0.1) is 11.8 Å². The van der Waals surface area contributed by atoms with Gasteiger partial charge in [-0.25, -0.2) is 4.90 Å². The minimum Gasteiger partial charge on any atom is -0.494 e. The van der Waals surface area contributed by atoms with Gasteiger partial charge in [0.15, 0.2) is 0 Å². The van der Waals surface area contributed by atoms with Crippen molar-refractivity contribution >= 4 is 46.4 Å². The lowest BCUT2D eigenvalue weighted by Gasteiger charge is -2.15. The molecule has 27 heavy (non-hydrogen) atoms. The summed E-state index contributed by atoms with van der Waals surface area (Å²) in [4.78, 5) is 27.5. The Morgan fingerprint density at radius 3 is 2.30 bits per heavy atom. The number of thioether (sulfide) groups is 1. The molecule has 1 aliphatic rings. The summed E-state index contributed by atoms with van der Waals surface area (Å²) in [6.07, 6.45) is 0. The van der Waals surface area contributed by atoms with Gasteiger partial charge >= 0.3 is 0 Å². The van der Waals surface area contributed by atoms with Gasteiger partial charge in [-0.2, -0.15) is 0 Å². The van der Waals surface area contributed by atoms with Crippen LogP contribution in [-0.2, 0) is 9.59 Å². The van der Waals surface area contributed by atoms with Crippen LogP contribution in [0.2, 0.25) is 5.02 Å². The molecule has 1 aliphatic heterocycles. The first-order chi connectivity index (χ1) is 13.1. The van der Waals surface area contributed by atoms with Gasteiger partial charge in [0.1, 0.15) is 5.75 Å². The van der Waals surface area contributed by atoms with Crippen LogP contribution in [0.5, 0.6) is 5.75 Å². The zero-order chi connectivity index (χ0) is 19.4. The number of carbonyl (C=O) groups is 2. The summed E-state index contributed by atoms with van der Waals surface area (Å²) in [5, 5.41) is 9.70. The minimum atomic E-state index is -0.396. The van der Waals surface area contributed by atoms with E-state index in [9.17, 15) is 9.59 Å². The average molecular weight is 404 g/mol. The molecule has 0 bridgehead atoms. The Labute approximate surface area is 166 Å². The Balaban J connectivity index is 1.99. The highest BCUT2D eigenvalue weighted by Crippen LogP contribution is 2.38. The smallest absolute Gasteiger partial charge is 0.272 e. The van der Waals surface area contributed by atoms with E-state index in [1.807, 2.05) is 6.92 Å². The number of halogens is 1. The molecule has 0 aliphatic carbocycles. The monoisotopic (exact) mass is 403 g/mol. The number of anilines is 1. The van der Waals surface area contributed by atoms with Crippen molar-refractivity contribution in [2.45, 2.75) is 6.92 Å². The number of hydrogen-bond donors (Lipinski definition) is 1. The van der Waals surface area contributed by atoms with Crippen LogP contribution < -0.4 is 9.64 Å². The molecule has 2 amide bonds. The van der Waals surface area contributed by atoms with Crippen LogP contribution in [0.1, 0.15) is 12.5 Å². The first-order valence-electron chi connectivity index (χ1n) is 8.42. The third kappa shape index (κ3) is 4.03. The number of benzene rings is 2. The normalized spacial score (nSPS) is 14.3. The van der Waals surface area contributed by atoms with Crippen molar-refractivity contribution in [2.24, 2.45) is 0 Å². The molecule has 140 valence electrons. The van der Waals surface area contributed by atoms with Crippen LogP contribution in [0.4, 0.5) is 5.69 Å². The molecule has 5 nitrogen and oxygen atoms in total. The number of aliphatic hydroxyl groups excluding tert-OH is 1. The molecule has 2 aromatic rings. The van der Waals surface area contributed by atoms with E-state index < -0.39 is 11.8 Å². The molecule has 0 atom stereocenters. The maximum atomic E-state index is 13.1. The highest BCUT2D eigenvalue weighted by Gasteiger charge is 2.40. The number of carbonyl (C=O) groups excluding carboxylic acids is 2. The summed E-state index contributed by atoms with van der Waals surface area (Å²) in [5.41, 5.74) is 1.41. The van der Waals surface area contributed by atoms with Crippen molar-refractivity contribution in [1.82, 2.24) is 0 Å². The van der Waals surface area contributed by atoms with E-state index in [1.165, 1.54) is 11.8 Å². The van der Waals surface area contributed by atoms with Gasteiger partial charge in [0.2, 0.25) is 0 Å². The highest BCUT2D eigenvalue weighted by atomic mass is 35.5. The molecule has 0 saturated carbocycles. The lowest BCUT2D eigenvalue weighted by molar-refractivity contribution is -0.119. The van der Waals surface area contributed by atoms with E-state index in [4.69, 9.17) is 21.4 Å². The van der Waals surface area contributed by atoms with Gasteiger partial charge in [-0.3, -0.25) is 9.59 Å². The van der Waals surface area contributed by atoms with Crippen LogP contribution in [0.3, 0.4) is 0 Å². The van der Waals surface area contributed by atoms with Crippen LogP contribution >= 0.6 is 23.4 Å². The molecule has 0 fully saturated rings. The van der Waals surface area contributed by atoms with Crippen LogP contribution in [-0.4, -0.2) is 35.9 Å². The number of hydrogen-bond acceptors (Lipinski definition) is 5. The quantitative estimate of drug-likeness (QED) is 0.713. The van der Waals surface area contributed by atoms with Gasteiger partial charge in [0.05, 0.1) is 29.4 Å². The molecule has 0 spiro atoms. The predicted octanol–water partition coefficient (Wildman–Crippen LogP) is 3.75. The van der Waals surface area contributed by atoms with Gasteiger partial charge in [-0.1, -0.05) is 23.7 Å². The topological polar surface area (TPSA) is 66.8 Å². The molecule has 1 heterocycles. The first-order valence-corrected chi connectivity index (χ1v) is 9.78. The van der Waals surface area contributed by atoms with Crippen molar-refractivity contribution in [2.75, 3.05) is 23.9 Å². The zero-order valence-electron chi connectivity index (χ0n) is 14.6. The molecule has 3 rings (SSSR count). The maximum absolute atomic E-state index is 13.1. The van der Waals surface area contributed by atoms with Gasteiger partial charge in [-0.05, 0) is 48.9 Å². The number of imide groups is 1. The number of aliphatic hydroxyl groups is 1. The van der Waals surface area contributed by atoms with Crippen molar-refractivity contribution in [3.05, 3.63) is 64.0 Å². The fraction of sp³-hybridized carbons (Fsp3) is 0.200. The second-order valence-corrected chi connectivity index (χ2v) is 7.20. The SMILES string of the molecule is CCOc1ccc(N2C(=O)C(SCCO)=C(c3ccc(Cl)cc3)C2=O)cc1. The minimum absolute atomic E-state index is 0.0907. The molecule has 2 aromatic carbocycles. The molecule has 1 N–H and O–H groups in total. The Morgan fingerprint density at radius 1 is 1.04 bits per heavy atom. The molecule has 0 aromatic heterocycles. The van der Waals surface area contributed by atoms with E-state index in [-0.39, 0.29) is 6.61 Å². The summed E-state index contributed by atoms with van der Waals surface area (Å²) < 4.78 is 5.41. The van der Waals surface area contributed by atoms with E-state index in [0.29, 0.717) is 44.9 Å². The number of amides is 2. The van der Waals surface area contributed by atoms with Crippen LogP contribution in [0, 0.1) is 0 Å². The lowest BCUT2D eigenvalue weighted by atomic mass is 10.1. The zero-order valence-corrected chi connectivity index (χ0v) is 16.2. The summed E-state index contributed by atoms with van der Waals surface area (Å²) in [6, 6.07) is 13.6. The summed E-state index contributed by atoms with van der Waals surface area (Å²) in [6.45, 7) is 2.33. The molecular weight excluding hydrogens is 386 g/mol. The van der Waals surface area contributed by atoms with Crippen LogP contribution in [0.25, 0.3) is 5.57 Å². The molecule has 7 heteroatoms. The Kier molecular flexibility index (Phi) is 6.21. The second-order valence-electron chi connectivity index (χ2n) is 5.66. The fourth-order valence-corrected chi connectivity index (χ4v) is 3.74. The fourth-order valence-electron chi connectivity index (χ4n) is 2.75. The molecular formula is C20H18ClNO4S.